The van der Waals surface area contributed by atoms with Crippen LogP contribution in [-0.2, 0) is 12.8 Å². The third-order valence-electron chi connectivity index (χ3n) is 4.94. The van der Waals surface area contributed by atoms with Crippen LogP contribution in [0.25, 0.3) is 0 Å². The van der Waals surface area contributed by atoms with E-state index in [0.717, 1.165) is 38.4 Å². The normalized spacial score (nSPS) is 15.1. The molecule has 0 spiro atoms. The lowest BCUT2D eigenvalue weighted by atomic mass is 10.1. The average Bonchev–Trinajstić information content (AvgIpc) is 3.26. The number of piperazine rings is 1. The molecule has 1 aromatic heterocycles. The Hall–Kier alpha value is -2.76. The Bertz CT molecular complexity index is 745. The molecule has 0 unspecified atom stereocenters. The van der Waals surface area contributed by atoms with E-state index in [2.05, 4.69) is 46.4 Å². The zero-order valence-electron chi connectivity index (χ0n) is 16.1. The van der Waals surface area contributed by atoms with Crippen molar-refractivity contribution in [3.63, 3.8) is 0 Å². The highest BCUT2D eigenvalue weighted by Crippen LogP contribution is 2.10. The van der Waals surface area contributed by atoms with Gasteiger partial charge in [0.15, 0.2) is 11.7 Å². The van der Waals surface area contributed by atoms with Crippen LogP contribution in [0.1, 0.15) is 28.6 Å². The Balaban J connectivity index is 1.45. The van der Waals surface area contributed by atoms with Crippen LogP contribution in [0.4, 0.5) is 0 Å². The molecule has 1 N–H and O–H groups in total. The summed E-state index contributed by atoms with van der Waals surface area (Å²) >= 11 is 0. The summed E-state index contributed by atoms with van der Waals surface area (Å²) in [6.07, 6.45) is 3.56. The fourth-order valence-electron chi connectivity index (χ4n) is 3.27. The number of hydrogen-bond acceptors (Lipinski definition) is 3. The molecule has 1 fully saturated rings. The van der Waals surface area contributed by atoms with E-state index in [1.165, 1.54) is 17.4 Å². The molecule has 144 valence electrons. The van der Waals surface area contributed by atoms with Gasteiger partial charge >= 0.3 is 0 Å². The van der Waals surface area contributed by atoms with Crippen LogP contribution in [0.5, 0.6) is 0 Å². The highest BCUT2D eigenvalue weighted by molar-refractivity contribution is 5.91. The molecule has 1 aliphatic rings. The van der Waals surface area contributed by atoms with Gasteiger partial charge in [-0.3, -0.25) is 9.79 Å². The molecule has 2 aromatic rings. The van der Waals surface area contributed by atoms with Crippen LogP contribution < -0.4 is 5.32 Å². The number of carbonyl (C=O) groups is 1. The molecule has 2 heterocycles. The molecule has 0 aliphatic carbocycles. The van der Waals surface area contributed by atoms with Gasteiger partial charge in [0.05, 0.1) is 6.26 Å². The molecule has 6 heteroatoms. The van der Waals surface area contributed by atoms with Gasteiger partial charge in [-0.2, -0.15) is 0 Å². The molecule has 1 aliphatic heterocycles. The second kappa shape index (κ2) is 9.26. The Morgan fingerprint density at radius 1 is 1.07 bits per heavy atom. The number of carbonyl (C=O) groups excluding carboxylic acids is 1. The predicted molar refractivity (Wildman–Crippen MR) is 107 cm³/mol. The summed E-state index contributed by atoms with van der Waals surface area (Å²) < 4.78 is 5.21. The molecule has 0 saturated carbocycles. The number of nitrogens with one attached hydrogen (secondary N) is 1. The van der Waals surface area contributed by atoms with E-state index < -0.39 is 0 Å². The summed E-state index contributed by atoms with van der Waals surface area (Å²) in [5, 5.41) is 3.44. The zero-order chi connectivity index (χ0) is 19.1. The van der Waals surface area contributed by atoms with E-state index in [9.17, 15) is 4.79 Å². The first-order valence-electron chi connectivity index (χ1n) is 9.57. The lowest BCUT2D eigenvalue weighted by Gasteiger charge is -2.36. The minimum absolute atomic E-state index is 0.0434. The predicted octanol–water partition coefficient (Wildman–Crippen LogP) is 2.42. The maximum absolute atomic E-state index is 12.3. The van der Waals surface area contributed by atoms with E-state index in [1.807, 2.05) is 4.90 Å². The van der Waals surface area contributed by atoms with Gasteiger partial charge in [-0.15, -0.1) is 0 Å². The third-order valence-corrected chi connectivity index (χ3v) is 4.94. The quantitative estimate of drug-likeness (QED) is 0.650. The first kappa shape index (κ1) is 19.0. The van der Waals surface area contributed by atoms with Crippen molar-refractivity contribution in [2.24, 2.45) is 4.99 Å². The molecule has 0 atom stereocenters. The van der Waals surface area contributed by atoms with E-state index >= 15 is 0 Å². The number of amides is 1. The Labute approximate surface area is 160 Å². The molecule has 27 heavy (non-hydrogen) atoms. The van der Waals surface area contributed by atoms with E-state index in [0.29, 0.717) is 18.8 Å². The number of hydrogen-bond donors (Lipinski definition) is 1. The summed E-state index contributed by atoms with van der Waals surface area (Å²) in [4.78, 5) is 20.8. The number of rotatable bonds is 5. The maximum atomic E-state index is 12.3. The van der Waals surface area contributed by atoms with Crippen molar-refractivity contribution in [3.8, 4) is 0 Å². The summed E-state index contributed by atoms with van der Waals surface area (Å²) in [6.45, 7) is 5.86. The standard InChI is InChI=1S/C21H28N4O2/c1-3-17-6-8-18(9-7-17)10-11-23-21(22-2)25-14-12-24(13-15-25)20(26)19-5-4-16-27-19/h4-9,16H,3,10-15H2,1-2H3,(H,22,23). The largest absolute Gasteiger partial charge is 0.459 e. The number of guanidine groups is 1. The fourth-order valence-corrected chi connectivity index (χ4v) is 3.27. The summed E-state index contributed by atoms with van der Waals surface area (Å²) in [6, 6.07) is 12.2. The van der Waals surface area contributed by atoms with Crippen molar-refractivity contribution in [2.45, 2.75) is 19.8 Å². The third kappa shape index (κ3) is 4.90. The van der Waals surface area contributed by atoms with Crippen LogP contribution >= 0.6 is 0 Å². The lowest BCUT2D eigenvalue weighted by Crippen LogP contribution is -2.53. The minimum atomic E-state index is -0.0434. The molecule has 1 saturated heterocycles. The number of furan rings is 1. The number of benzene rings is 1. The molecular formula is C21H28N4O2. The number of aryl methyl sites for hydroxylation is 1. The molecule has 0 radical (unpaired) electrons. The number of nitrogens with zero attached hydrogens (tertiary/aromatic N) is 3. The van der Waals surface area contributed by atoms with Gasteiger partial charge in [0.1, 0.15) is 0 Å². The minimum Gasteiger partial charge on any atom is -0.459 e. The van der Waals surface area contributed by atoms with Gasteiger partial charge < -0.3 is 19.5 Å². The first-order chi connectivity index (χ1) is 13.2. The Morgan fingerprint density at radius 3 is 2.33 bits per heavy atom. The maximum Gasteiger partial charge on any atom is 0.289 e. The summed E-state index contributed by atoms with van der Waals surface area (Å²) in [7, 11) is 1.80. The lowest BCUT2D eigenvalue weighted by molar-refractivity contribution is 0.0658. The zero-order valence-corrected chi connectivity index (χ0v) is 16.1. The van der Waals surface area contributed by atoms with Crippen molar-refractivity contribution >= 4 is 11.9 Å². The molecule has 1 aromatic carbocycles. The molecule has 0 bridgehead atoms. The van der Waals surface area contributed by atoms with Gasteiger partial charge in [0.25, 0.3) is 5.91 Å². The van der Waals surface area contributed by atoms with Gasteiger partial charge in [0.2, 0.25) is 0 Å². The highest BCUT2D eigenvalue weighted by atomic mass is 16.3. The fraction of sp³-hybridized carbons (Fsp3) is 0.429. The summed E-state index contributed by atoms with van der Waals surface area (Å²) in [5.41, 5.74) is 2.69. The van der Waals surface area contributed by atoms with Crippen molar-refractivity contribution in [1.29, 1.82) is 0 Å². The van der Waals surface area contributed by atoms with Gasteiger partial charge in [-0.1, -0.05) is 31.2 Å². The van der Waals surface area contributed by atoms with Crippen LogP contribution in [0, 0.1) is 0 Å². The highest BCUT2D eigenvalue weighted by Gasteiger charge is 2.24. The smallest absolute Gasteiger partial charge is 0.289 e. The van der Waals surface area contributed by atoms with Crippen LogP contribution in [0.3, 0.4) is 0 Å². The SMILES string of the molecule is CCc1ccc(CCNC(=NC)N2CCN(C(=O)c3ccco3)CC2)cc1. The molecule has 3 rings (SSSR count). The van der Waals surface area contributed by atoms with Crippen LogP contribution in [0.2, 0.25) is 0 Å². The van der Waals surface area contributed by atoms with Crippen molar-refractivity contribution in [3.05, 3.63) is 59.5 Å². The Morgan fingerprint density at radius 2 is 1.74 bits per heavy atom. The van der Waals surface area contributed by atoms with Crippen molar-refractivity contribution in [1.82, 2.24) is 15.1 Å². The van der Waals surface area contributed by atoms with Crippen molar-refractivity contribution in [2.75, 3.05) is 39.8 Å². The van der Waals surface area contributed by atoms with E-state index in [4.69, 9.17) is 4.42 Å². The second-order valence-electron chi connectivity index (χ2n) is 6.65. The first-order valence-corrected chi connectivity index (χ1v) is 9.57. The van der Waals surface area contributed by atoms with Gasteiger partial charge in [0, 0.05) is 39.8 Å². The van der Waals surface area contributed by atoms with E-state index in [-0.39, 0.29) is 5.91 Å². The molecule has 6 nitrogen and oxygen atoms in total. The van der Waals surface area contributed by atoms with Gasteiger partial charge in [-0.25, -0.2) is 0 Å². The van der Waals surface area contributed by atoms with Crippen LogP contribution in [-0.4, -0.2) is 61.4 Å². The van der Waals surface area contributed by atoms with Crippen molar-refractivity contribution < 1.29 is 9.21 Å². The van der Waals surface area contributed by atoms with Crippen LogP contribution in [0.15, 0.2) is 52.1 Å². The van der Waals surface area contributed by atoms with E-state index in [1.54, 1.807) is 19.2 Å². The molecular weight excluding hydrogens is 340 g/mol. The second-order valence-corrected chi connectivity index (χ2v) is 6.65. The Kier molecular flexibility index (Phi) is 6.52. The monoisotopic (exact) mass is 368 g/mol. The number of aliphatic imine (C=N–C) groups is 1. The topological polar surface area (TPSA) is 61.1 Å². The summed E-state index contributed by atoms with van der Waals surface area (Å²) in [5.74, 6) is 1.25. The van der Waals surface area contributed by atoms with Gasteiger partial charge in [-0.05, 0) is 36.1 Å². The molecule has 1 amide bonds. The average molecular weight is 368 g/mol.